The minimum Gasteiger partial charge on any atom is -0.394 e. The van der Waals surface area contributed by atoms with E-state index < -0.39 is 5.82 Å². The first-order chi connectivity index (χ1) is 15.0. The van der Waals surface area contributed by atoms with E-state index in [-0.39, 0.29) is 36.3 Å². The van der Waals surface area contributed by atoms with Crippen LogP contribution in [0.4, 0.5) is 14.5 Å². The lowest BCUT2D eigenvalue weighted by molar-refractivity contribution is 0.0700. The lowest BCUT2D eigenvalue weighted by Crippen LogP contribution is -2.42. The molecule has 0 saturated carbocycles. The van der Waals surface area contributed by atoms with Gasteiger partial charge < -0.3 is 15.3 Å². The number of nitrogens with zero attached hydrogens (tertiary/aromatic N) is 1. The summed E-state index contributed by atoms with van der Waals surface area (Å²) in [5.74, 6) is -0.918. The third-order valence-electron chi connectivity index (χ3n) is 6.38. The van der Waals surface area contributed by atoms with E-state index in [0.29, 0.717) is 12.1 Å². The van der Waals surface area contributed by atoms with Crippen LogP contribution in [-0.2, 0) is 0 Å². The van der Waals surface area contributed by atoms with Crippen LogP contribution in [0.1, 0.15) is 28.4 Å². The van der Waals surface area contributed by atoms with Crippen LogP contribution in [0.25, 0.3) is 11.1 Å². The van der Waals surface area contributed by atoms with Crippen LogP contribution < -0.4 is 5.32 Å². The topological polar surface area (TPSA) is 52.6 Å². The Morgan fingerprint density at radius 2 is 1.77 bits per heavy atom. The van der Waals surface area contributed by atoms with Crippen LogP contribution in [0.5, 0.6) is 0 Å². The molecule has 0 radical (unpaired) electrons. The Morgan fingerprint density at radius 3 is 2.52 bits per heavy atom. The largest absolute Gasteiger partial charge is 0.394 e. The van der Waals surface area contributed by atoms with E-state index in [2.05, 4.69) is 5.32 Å². The van der Waals surface area contributed by atoms with Gasteiger partial charge in [-0.1, -0.05) is 24.3 Å². The van der Waals surface area contributed by atoms with Gasteiger partial charge in [-0.15, -0.1) is 0 Å². The number of aliphatic hydroxyl groups excluding tert-OH is 1. The molecular formula is C25H22F2N2O2. The molecule has 1 amide bonds. The van der Waals surface area contributed by atoms with E-state index in [4.69, 9.17) is 0 Å². The number of rotatable bonds is 3. The average molecular weight is 420 g/mol. The van der Waals surface area contributed by atoms with E-state index in [0.717, 1.165) is 28.8 Å². The highest BCUT2D eigenvalue weighted by atomic mass is 19.1. The number of likely N-dealkylation sites (tertiary alicyclic amines) is 1. The van der Waals surface area contributed by atoms with Crippen molar-refractivity contribution in [1.29, 1.82) is 0 Å². The number of hydrogen-bond donors (Lipinski definition) is 2. The lowest BCUT2D eigenvalue weighted by atomic mass is 9.82. The van der Waals surface area contributed by atoms with Gasteiger partial charge in [-0.3, -0.25) is 4.79 Å². The quantitative estimate of drug-likeness (QED) is 0.650. The van der Waals surface area contributed by atoms with Gasteiger partial charge >= 0.3 is 0 Å². The zero-order valence-electron chi connectivity index (χ0n) is 16.8. The van der Waals surface area contributed by atoms with E-state index in [1.54, 1.807) is 23.1 Å². The van der Waals surface area contributed by atoms with Crippen molar-refractivity contribution in [3.63, 3.8) is 0 Å². The van der Waals surface area contributed by atoms with Crippen molar-refractivity contribution in [2.45, 2.75) is 18.5 Å². The fourth-order valence-corrected chi connectivity index (χ4v) is 4.90. The number of benzene rings is 3. The Labute approximate surface area is 179 Å². The van der Waals surface area contributed by atoms with Crippen molar-refractivity contribution < 1.29 is 18.7 Å². The number of aliphatic hydroxyl groups is 1. The summed E-state index contributed by atoms with van der Waals surface area (Å²) >= 11 is 0. The first kappa shape index (κ1) is 19.7. The van der Waals surface area contributed by atoms with Crippen molar-refractivity contribution >= 4 is 11.6 Å². The normalized spacial score (nSPS) is 21.9. The third-order valence-corrected chi connectivity index (χ3v) is 6.38. The molecule has 5 rings (SSSR count). The number of halogens is 2. The molecule has 2 N–H and O–H groups in total. The maximum Gasteiger partial charge on any atom is 0.254 e. The smallest absolute Gasteiger partial charge is 0.254 e. The van der Waals surface area contributed by atoms with Crippen LogP contribution in [0.15, 0.2) is 66.7 Å². The molecule has 3 aromatic rings. The molecule has 0 spiro atoms. The van der Waals surface area contributed by atoms with Gasteiger partial charge in [0, 0.05) is 23.7 Å². The molecule has 3 aromatic carbocycles. The number of fused-ring (bicyclic) bond motifs is 3. The molecular weight excluding hydrogens is 398 g/mol. The first-order valence-electron chi connectivity index (χ1n) is 10.4. The Balaban J connectivity index is 1.57. The summed E-state index contributed by atoms with van der Waals surface area (Å²) in [6, 6.07) is 17.6. The fourth-order valence-electron chi connectivity index (χ4n) is 4.90. The highest BCUT2D eigenvalue weighted by Crippen LogP contribution is 2.47. The molecule has 2 heterocycles. The Morgan fingerprint density at radius 1 is 1.00 bits per heavy atom. The molecule has 3 atom stereocenters. The summed E-state index contributed by atoms with van der Waals surface area (Å²) in [5, 5.41) is 13.4. The van der Waals surface area contributed by atoms with Gasteiger partial charge in [-0.25, -0.2) is 8.78 Å². The van der Waals surface area contributed by atoms with Crippen LogP contribution in [0.3, 0.4) is 0 Å². The van der Waals surface area contributed by atoms with Crippen molar-refractivity contribution in [1.82, 2.24) is 4.90 Å². The van der Waals surface area contributed by atoms with Crippen LogP contribution in [-0.4, -0.2) is 35.1 Å². The van der Waals surface area contributed by atoms with Gasteiger partial charge in [-0.05, 0) is 65.6 Å². The minimum atomic E-state index is -0.445. The van der Waals surface area contributed by atoms with Crippen molar-refractivity contribution in [3.05, 3.63) is 89.5 Å². The highest BCUT2D eigenvalue weighted by Gasteiger charge is 2.45. The molecule has 0 bridgehead atoms. The summed E-state index contributed by atoms with van der Waals surface area (Å²) in [4.78, 5) is 15.1. The summed E-state index contributed by atoms with van der Waals surface area (Å²) in [6.45, 7) is 0.491. The number of hydrogen-bond acceptors (Lipinski definition) is 3. The lowest BCUT2D eigenvalue weighted by Gasteiger charge is -2.39. The Kier molecular flexibility index (Phi) is 4.94. The van der Waals surface area contributed by atoms with Gasteiger partial charge in [0.15, 0.2) is 0 Å². The van der Waals surface area contributed by atoms with E-state index in [1.807, 2.05) is 18.2 Å². The number of carbonyl (C=O) groups is 1. The standard InChI is InChI=1S/C25H22F2N2O2/c26-18-7-4-15(5-8-18)16-6-9-22-21(13-16)24-20(23(14-30)28-22)10-11-29(24)25(31)17-2-1-3-19(27)12-17/h1-9,12-13,20,23-24,28,30H,10-11,14H2/t20-,23+,24-/m1/s1. The van der Waals surface area contributed by atoms with Gasteiger partial charge in [0.2, 0.25) is 0 Å². The van der Waals surface area contributed by atoms with Gasteiger partial charge in [0.1, 0.15) is 11.6 Å². The summed E-state index contributed by atoms with van der Waals surface area (Å²) in [6.07, 6.45) is 0.740. The maximum absolute atomic E-state index is 13.7. The number of carbonyl (C=O) groups excluding carboxylic acids is 1. The first-order valence-corrected chi connectivity index (χ1v) is 10.4. The monoisotopic (exact) mass is 420 g/mol. The van der Waals surface area contributed by atoms with E-state index in [1.165, 1.54) is 30.3 Å². The fraction of sp³-hybridized carbons (Fsp3) is 0.240. The van der Waals surface area contributed by atoms with Gasteiger partial charge in [-0.2, -0.15) is 0 Å². The summed E-state index contributed by atoms with van der Waals surface area (Å²) in [7, 11) is 0. The Hall–Kier alpha value is -3.25. The Bertz CT molecular complexity index is 1130. The zero-order valence-corrected chi connectivity index (χ0v) is 16.8. The second kappa shape index (κ2) is 7.78. The maximum atomic E-state index is 13.7. The molecule has 0 aliphatic carbocycles. The van der Waals surface area contributed by atoms with Gasteiger partial charge in [0.05, 0.1) is 18.7 Å². The molecule has 2 aliphatic rings. The van der Waals surface area contributed by atoms with Crippen molar-refractivity contribution in [2.24, 2.45) is 5.92 Å². The number of nitrogens with one attached hydrogen (secondary N) is 1. The van der Waals surface area contributed by atoms with E-state index in [9.17, 15) is 18.7 Å². The summed E-state index contributed by atoms with van der Waals surface area (Å²) < 4.78 is 27.1. The summed E-state index contributed by atoms with van der Waals surface area (Å²) in [5.41, 5.74) is 3.94. The molecule has 158 valence electrons. The second-order valence-corrected chi connectivity index (χ2v) is 8.15. The average Bonchev–Trinajstić information content (AvgIpc) is 3.24. The predicted molar refractivity (Wildman–Crippen MR) is 115 cm³/mol. The van der Waals surface area contributed by atoms with Gasteiger partial charge in [0.25, 0.3) is 5.91 Å². The zero-order chi connectivity index (χ0) is 21.5. The minimum absolute atomic E-state index is 0.0394. The molecule has 4 nitrogen and oxygen atoms in total. The SMILES string of the molecule is O=C(c1cccc(F)c1)N1CC[C@@H]2[C@H](CO)Nc3ccc(-c4ccc(F)cc4)cc3[C@@H]21. The third kappa shape index (κ3) is 3.47. The molecule has 1 saturated heterocycles. The van der Waals surface area contributed by atoms with Crippen LogP contribution >= 0.6 is 0 Å². The molecule has 0 unspecified atom stereocenters. The van der Waals surface area contributed by atoms with E-state index >= 15 is 0 Å². The molecule has 1 fully saturated rings. The van der Waals surface area contributed by atoms with Crippen LogP contribution in [0.2, 0.25) is 0 Å². The molecule has 2 aliphatic heterocycles. The predicted octanol–water partition coefficient (Wildman–Crippen LogP) is 4.62. The van der Waals surface area contributed by atoms with Crippen molar-refractivity contribution in [2.75, 3.05) is 18.5 Å². The molecule has 0 aromatic heterocycles. The van der Waals surface area contributed by atoms with Crippen molar-refractivity contribution in [3.8, 4) is 11.1 Å². The second-order valence-electron chi connectivity index (χ2n) is 8.15. The number of anilines is 1. The van der Waals surface area contributed by atoms with Crippen LogP contribution in [0, 0.1) is 17.6 Å². The molecule has 31 heavy (non-hydrogen) atoms. The number of amides is 1. The molecule has 6 heteroatoms. The highest BCUT2D eigenvalue weighted by molar-refractivity contribution is 5.95.